The molecule has 0 unspecified atom stereocenters. The van der Waals surface area contributed by atoms with E-state index in [0.717, 1.165) is 6.07 Å². The van der Waals surface area contributed by atoms with Crippen LogP contribution < -0.4 is 23.8 Å². The second kappa shape index (κ2) is 10.2. The normalized spacial score (nSPS) is 10.9. The predicted molar refractivity (Wildman–Crippen MR) is 122 cm³/mol. The lowest BCUT2D eigenvalue weighted by atomic mass is 10.2. The molecule has 0 aromatic heterocycles. The average Bonchev–Trinajstić information content (AvgIpc) is 2.83. The molecule has 0 saturated carbocycles. The second-order valence-electron chi connectivity index (χ2n) is 6.75. The van der Waals surface area contributed by atoms with Gasteiger partial charge in [0, 0.05) is 6.07 Å². The smallest absolute Gasteiger partial charge is 0.264 e. The second-order valence-corrected chi connectivity index (χ2v) is 8.62. The zero-order chi connectivity index (χ0) is 24.0. The molecule has 3 rings (SSSR count). The van der Waals surface area contributed by atoms with Gasteiger partial charge in [-0.2, -0.15) is 0 Å². The summed E-state index contributed by atoms with van der Waals surface area (Å²) in [6.07, 6.45) is 0. The number of benzene rings is 3. The van der Waals surface area contributed by atoms with E-state index in [1.54, 1.807) is 12.1 Å². The largest absolute Gasteiger partial charge is 0.497 e. The molecular formula is C23H23FN2O6S. The van der Waals surface area contributed by atoms with Crippen LogP contribution in [0.3, 0.4) is 0 Å². The average molecular weight is 475 g/mol. The van der Waals surface area contributed by atoms with Crippen LogP contribution in [0.2, 0.25) is 0 Å². The fourth-order valence-corrected chi connectivity index (χ4v) is 4.49. The Morgan fingerprint density at radius 2 is 1.55 bits per heavy atom. The van der Waals surface area contributed by atoms with Gasteiger partial charge in [0.1, 0.15) is 29.6 Å². The van der Waals surface area contributed by atoms with E-state index in [9.17, 15) is 17.6 Å². The van der Waals surface area contributed by atoms with Crippen LogP contribution in [-0.4, -0.2) is 42.2 Å². The highest BCUT2D eigenvalue weighted by atomic mass is 32.2. The van der Waals surface area contributed by atoms with Gasteiger partial charge < -0.3 is 19.5 Å². The Balaban J connectivity index is 1.97. The van der Waals surface area contributed by atoms with Gasteiger partial charge in [-0.1, -0.05) is 12.1 Å². The van der Waals surface area contributed by atoms with E-state index in [2.05, 4.69) is 5.32 Å². The van der Waals surface area contributed by atoms with Gasteiger partial charge in [-0.15, -0.1) is 0 Å². The molecule has 0 aliphatic carbocycles. The van der Waals surface area contributed by atoms with Gasteiger partial charge in [-0.25, -0.2) is 12.8 Å². The third-order valence-corrected chi connectivity index (χ3v) is 6.51. The van der Waals surface area contributed by atoms with Gasteiger partial charge in [0.25, 0.3) is 10.0 Å². The number of anilines is 2. The Morgan fingerprint density at radius 1 is 0.909 bits per heavy atom. The highest BCUT2D eigenvalue weighted by molar-refractivity contribution is 7.92. The number of carbonyl (C=O) groups is 1. The fraction of sp³-hybridized carbons (Fsp3) is 0.174. The molecule has 3 aromatic carbocycles. The first-order valence-electron chi connectivity index (χ1n) is 9.73. The van der Waals surface area contributed by atoms with Crippen LogP contribution in [-0.2, 0) is 14.8 Å². The molecule has 10 heteroatoms. The van der Waals surface area contributed by atoms with Crippen molar-refractivity contribution in [2.45, 2.75) is 4.90 Å². The van der Waals surface area contributed by atoms with Crippen LogP contribution >= 0.6 is 0 Å². The molecule has 0 heterocycles. The molecule has 0 saturated heterocycles. The summed E-state index contributed by atoms with van der Waals surface area (Å²) in [6.45, 7) is -0.685. The summed E-state index contributed by atoms with van der Waals surface area (Å²) in [5, 5.41) is 2.61. The Kier molecular flexibility index (Phi) is 7.39. The zero-order valence-electron chi connectivity index (χ0n) is 18.2. The molecule has 174 valence electrons. The topological polar surface area (TPSA) is 94.2 Å². The third-order valence-electron chi connectivity index (χ3n) is 4.74. The van der Waals surface area contributed by atoms with Crippen molar-refractivity contribution in [3.05, 3.63) is 72.5 Å². The van der Waals surface area contributed by atoms with Crippen LogP contribution in [0.5, 0.6) is 17.2 Å². The molecule has 1 N–H and O–H groups in total. The van der Waals surface area contributed by atoms with E-state index in [4.69, 9.17) is 14.2 Å². The van der Waals surface area contributed by atoms with Crippen molar-refractivity contribution in [1.29, 1.82) is 0 Å². The maximum absolute atomic E-state index is 14.6. The highest BCUT2D eigenvalue weighted by Crippen LogP contribution is 2.30. The van der Waals surface area contributed by atoms with Gasteiger partial charge in [0.05, 0.1) is 37.6 Å². The van der Waals surface area contributed by atoms with Crippen molar-refractivity contribution in [2.75, 3.05) is 37.5 Å². The summed E-state index contributed by atoms with van der Waals surface area (Å²) in [6, 6.07) is 15.7. The maximum Gasteiger partial charge on any atom is 0.264 e. The molecule has 1 amide bonds. The molecule has 0 bridgehead atoms. The van der Waals surface area contributed by atoms with E-state index in [-0.39, 0.29) is 16.3 Å². The van der Waals surface area contributed by atoms with E-state index in [0.29, 0.717) is 21.6 Å². The van der Waals surface area contributed by atoms with Crippen LogP contribution in [0.15, 0.2) is 71.6 Å². The quantitative estimate of drug-likeness (QED) is 0.509. The third kappa shape index (κ3) is 5.35. The molecule has 0 aliphatic heterocycles. The van der Waals surface area contributed by atoms with E-state index in [1.807, 2.05) is 0 Å². The van der Waals surface area contributed by atoms with Gasteiger partial charge in [-0.05, 0) is 48.5 Å². The van der Waals surface area contributed by atoms with Crippen LogP contribution in [0.25, 0.3) is 0 Å². The van der Waals surface area contributed by atoms with Crippen molar-refractivity contribution in [2.24, 2.45) is 0 Å². The summed E-state index contributed by atoms with van der Waals surface area (Å²) >= 11 is 0. The molecule has 33 heavy (non-hydrogen) atoms. The van der Waals surface area contributed by atoms with Crippen molar-refractivity contribution in [3.8, 4) is 17.2 Å². The first-order chi connectivity index (χ1) is 15.8. The summed E-state index contributed by atoms with van der Waals surface area (Å²) in [7, 11) is 0.0491. The first-order valence-corrected chi connectivity index (χ1v) is 11.2. The number of hydrogen-bond donors (Lipinski definition) is 1. The number of nitrogens with zero attached hydrogens (tertiary/aromatic N) is 1. The zero-order valence-corrected chi connectivity index (χ0v) is 19.1. The molecule has 0 spiro atoms. The predicted octanol–water partition coefficient (Wildman–Crippen LogP) is 3.69. The Morgan fingerprint density at radius 3 is 2.15 bits per heavy atom. The first kappa shape index (κ1) is 23.9. The Hall–Kier alpha value is -3.79. The standard InChI is InChI=1S/C23H23FN2O6S/c1-30-16-8-11-18(12-9-16)33(28,29)26(21-7-5-4-6-19(21)24)15-23(27)25-20-14-17(31-2)10-13-22(20)32-3/h4-14H,15H2,1-3H3,(H,25,27). The minimum atomic E-state index is -4.30. The molecule has 0 fully saturated rings. The SMILES string of the molecule is COc1ccc(S(=O)(=O)N(CC(=O)Nc2cc(OC)ccc2OC)c2ccccc2F)cc1. The number of hydrogen-bond acceptors (Lipinski definition) is 6. The lowest BCUT2D eigenvalue weighted by molar-refractivity contribution is -0.114. The lowest BCUT2D eigenvalue weighted by Crippen LogP contribution is -2.38. The number of halogens is 1. The summed E-state index contributed by atoms with van der Waals surface area (Å²) < 4.78 is 57.6. The molecule has 0 radical (unpaired) electrons. The minimum Gasteiger partial charge on any atom is -0.497 e. The molecule has 0 aliphatic rings. The van der Waals surface area contributed by atoms with Crippen molar-refractivity contribution in [3.63, 3.8) is 0 Å². The molecular weight excluding hydrogens is 451 g/mol. The van der Waals surface area contributed by atoms with Gasteiger partial charge in [-0.3, -0.25) is 9.10 Å². The summed E-state index contributed by atoms with van der Waals surface area (Å²) in [5.41, 5.74) is 0.0123. The fourth-order valence-electron chi connectivity index (χ4n) is 3.06. The van der Waals surface area contributed by atoms with Crippen LogP contribution in [0.4, 0.5) is 15.8 Å². The number of sulfonamides is 1. The Bertz CT molecular complexity index is 1230. The molecule has 3 aromatic rings. The number of carbonyl (C=O) groups excluding carboxylic acids is 1. The van der Waals surface area contributed by atoms with E-state index < -0.39 is 28.3 Å². The van der Waals surface area contributed by atoms with Crippen molar-refractivity contribution < 1.29 is 31.8 Å². The maximum atomic E-state index is 14.6. The van der Waals surface area contributed by atoms with E-state index in [1.165, 1.54) is 69.9 Å². The number of methoxy groups -OCH3 is 3. The summed E-state index contributed by atoms with van der Waals surface area (Å²) in [4.78, 5) is 12.8. The highest BCUT2D eigenvalue weighted by Gasteiger charge is 2.29. The molecule has 0 atom stereocenters. The number of nitrogens with one attached hydrogen (secondary N) is 1. The van der Waals surface area contributed by atoms with Crippen molar-refractivity contribution >= 4 is 27.3 Å². The number of amides is 1. The minimum absolute atomic E-state index is 0.127. The number of ether oxygens (including phenoxy) is 3. The van der Waals surface area contributed by atoms with E-state index >= 15 is 0 Å². The summed E-state index contributed by atoms with van der Waals surface area (Å²) in [5.74, 6) is -0.236. The van der Waals surface area contributed by atoms with Gasteiger partial charge in [0.2, 0.25) is 5.91 Å². The van der Waals surface area contributed by atoms with Gasteiger partial charge >= 0.3 is 0 Å². The van der Waals surface area contributed by atoms with Crippen LogP contribution in [0, 0.1) is 5.82 Å². The lowest BCUT2D eigenvalue weighted by Gasteiger charge is -2.24. The monoisotopic (exact) mass is 474 g/mol. The number of para-hydroxylation sites is 1. The number of rotatable bonds is 9. The molecule has 8 nitrogen and oxygen atoms in total. The van der Waals surface area contributed by atoms with Crippen molar-refractivity contribution in [1.82, 2.24) is 0 Å². The van der Waals surface area contributed by atoms with Gasteiger partial charge in [0.15, 0.2) is 0 Å². The Labute approximate surface area is 191 Å². The van der Waals surface area contributed by atoms with Crippen LogP contribution in [0.1, 0.15) is 0 Å².